The molecule has 4 rings (SSSR count). The lowest BCUT2D eigenvalue weighted by molar-refractivity contribution is 0.173. The first-order valence-corrected chi connectivity index (χ1v) is 7.90. The first kappa shape index (κ1) is 13.4. The number of ether oxygens (including phenoxy) is 1. The molecule has 3 nitrogen and oxygen atoms in total. The molecule has 2 aromatic carbocycles. The van der Waals surface area contributed by atoms with Gasteiger partial charge in [-0.3, -0.25) is 0 Å². The van der Waals surface area contributed by atoms with Crippen molar-refractivity contribution in [3.63, 3.8) is 0 Å². The molecule has 3 aromatic rings. The molecular weight excluding hydrogens is 272 g/mol. The minimum Gasteiger partial charge on any atom is -0.488 e. The number of aromatic amines is 1. The molecule has 0 aliphatic carbocycles. The SMILES string of the molecule is c1ccc(CNC[C@@H]2CCc3ccc4[nH]ccc4c3O2)cc1. The maximum absolute atomic E-state index is 6.26. The summed E-state index contributed by atoms with van der Waals surface area (Å²) in [7, 11) is 0. The predicted octanol–water partition coefficient (Wildman–Crippen LogP) is 3.65. The second kappa shape index (κ2) is 5.85. The first-order chi connectivity index (χ1) is 10.9. The molecule has 1 aromatic heterocycles. The molecular formula is C19H20N2O. The van der Waals surface area contributed by atoms with Crippen LogP contribution in [0.4, 0.5) is 0 Å². The van der Waals surface area contributed by atoms with Gasteiger partial charge in [0.25, 0.3) is 0 Å². The van der Waals surface area contributed by atoms with Crippen LogP contribution in [0.2, 0.25) is 0 Å². The fourth-order valence-corrected chi connectivity index (χ4v) is 3.15. The van der Waals surface area contributed by atoms with Gasteiger partial charge in [0.1, 0.15) is 11.9 Å². The molecule has 0 radical (unpaired) electrons. The van der Waals surface area contributed by atoms with Gasteiger partial charge in [0, 0.05) is 30.2 Å². The largest absolute Gasteiger partial charge is 0.488 e. The number of H-pyrrole nitrogens is 1. The van der Waals surface area contributed by atoms with Crippen molar-refractivity contribution in [1.29, 1.82) is 0 Å². The zero-order chi connectivity index (χ0) is 14.8. The van der Waals surface area contributed by atoms with E-state index in [1.54, 1.807) is 0 Å². The van der Waals surface area contributed by atoms with Gasteiger partial charge in [0.2, 0.25) is 0 Å². The van der Waals surface area contributed by atoms with Crippen molar-refractivity contribution in [3.8, 4) is 5.75 Å². The van der Waals surface area contributed by atoms with Crippen LogP contribution in [0, 0.1) is 0 Å². The minimum absolute atomic E-state index is 0.247. The summed E-state index contributed by atoms with van der Waals surface area (Å²) in [6.45, 7) is 1.77. The van der Waals surface area contributed by atoms with Gasteiger partial charge in [-0.25, -0.2) is 0 Å². The second-order valence-corrected chi connectivity index (χ2v) is 5.89. The molecule has 0 saturated carbocycles. The Morgan fingerprint density at radius 2 is 2.00 bits per heavy atom. The number of aromatic nitrogens is 1. The summed E-state index contributed by atoms with van der Waals surface area (Å²) in [6, 6.07) is 16.9. The molecule has 0 amide bonds. The topological polar surface area (TPSA) is 37.0 Å². The smallest absolute Gasteiger partial charge is 0.132 e. The van der Waals surface area contributed by atoms with Crippen LogP contribution in [0.25, 0.3) is 10.9 Å². The molecule has 1 aliphatic rings. The van der Waals surface area contributed by atoms with E-state index < -0.39 is 0 Å². The summed E-state index contributed by atoms with van der Waals surface area (Å²) in [5.41, 5.74) is 3.79. The lowest BCUT2D eigenvalue weighted by atomic mass is 10.00. The van der Waals surface area contributed by atoms with Crippen molar-refractivity contribution >= 4 is 10.9 Å². The zero-order valence-electron chi connectivity index (χ0n) is 12.5. The van der Waals surface area contributed by atoms with Crippen molar-refractivity contribution in [1.82, 2.24) is 10.3 Å². The van der Waals surface area contributed by atoms with Gasteiger partial charge in [-0.05, 0) is 36.1 Å². The molecule has 22 heavy (non-hydrogen) atoms. The van der Waals surface area contributed by atoms with E-state index in [9.17, 15) is 0 Å². The van der Waals surface area contributed by atoms with Gasteiger partial charge >= 0.3 is 0 Å². The maximum atomic E-state index is 6.26. The standard InChI is InChI=1S/C19H20N2O/c1-2-4-14(5-3-1)12-20-13-16-8-6-15-7-9-18-17(10-11-21-18)19(15)22-16/h1-5,7,9-11,16,20-21H,6,8,12-13H2/t16-/m0/s1. The Kier molecular flexibility index (Phi) is 3.57. The van der Waals surface area contributed by atoms with E-state index in [1.165, 1.54) is 16.5 Å². The molecule has 2 heterocycles. The third-order valence-electron chi connectivity index (χ3n) is 4.33. The van der Waals surface area contributed by atoms with Crippen LogP contribution in [0.15, 0.2) is 54.7 Å². The summed E-state index contributed by atoms with van der Waals surface area (Å²) in [6.07, 6.45) is 4.39. The second-order valence-electron chi connectivity index (χ2n) is 5.89. The highest BCUT2D eigenvalue weighted by molar-refractivity contribution is 5.87. The maximum Gasteiger partial charge on any atom is 0.132 e. The van der Waals surface area contributed by atoms with E-state index in [0.29, 0.717) is 0 Å². The lowest BCUT2D eigenvalue weighted by Gasteiger charge is -2.27. The summed E-state index contributed by atoms with van der Waals surface area (Å²) >= 11 is 0. The highest BCUT2D eigenvalue weighted by atomic mass is 16.5. The Hall–Kier alpha value is -2.26. The van der Waals surface area contributed by atoms with Crippen LogP contribution < -0.4 is 10.1 Å². The molecule has 0 saturated heterocycles. The molecule has 0 fully saturated rings. The first-order valence-electron chi connectivity index (χ1n) is 7.90. The van der Waals surface area contributed by atoms with Gasteiger partial charge in [-0.15, -0.1) is 0 Å². The molecule has 2 N–H and O–H groups in total. The summed E-state index contributed by atoms with van der Waals surface area (Å²) in [4.78, 5) is 3.25. The monoisotopic (exact) mass is 292 g/mol. The van der Waals surface area contributed by atoms with Crippen LogP contribution in [-0.4, -0.2) is 17.6 Å². The third-order valence-corrected chi connectivity index (χ3v) is 4.33. The minimum atomic E-state index is 0.247. The van der Waals surface area contributed by atoms with Crippen molar-refractivity contribution in [2.45, 2.75) is 25.5 Å². The van der Waals surface area contributed by atoms with Gasteiger partial charge in [-0.1, -0.05) is 36.4 Å². The highest BCUT2D eigenvalue weighted by Gasteiger charge is 2.21. The van der Waals surface area contributed by atoms with Crippen LogP contribution in [0.3, 0.4) is 0 Å². The summed E-state index contributed by atoms with van der Waals surface area (Å²) in [5, 5.41) is 4.71. The molecule has 0 spiro atoms. The number of aryl methyl sites for hydroxylation is 1. The third kappa shape index (κ3) is 2.60. The number of hydrogen-bond donors (Lipinski definition) is 2. The Balaban J connectivity index is 1.42. The Morgan fingerprint density at radius 1 is 1.09 bits per heavy atom. The van der Waals surface area contributed by atoms with Crippen LogP contribution in [-0.2, 0) is 13.0 Å². The van der Waals surface area contributed by atoms with E-state index in [2.05, 4.69) is 52.8 Å². The van der Waals surface area contributed by atoms with E-state index in [1.807, 2.05) is 12.3 Å². The normalized spacial score (nSPS) is 17.2. The number of hydrogen-bond acceptors (Lipinski definition) is 2. The molecule has 1 atom stereocenters. The van der Waals surface area contributed by atoms with Gasteiger partial charge in [0.05, 0.1) is 0 Å². The highest BCUT2D eigenvalue weighted by Crippen LogP contribution is 2.34. The van der Waals surface area contributed by atoms with Crippen molar-refractivity contribution in [2.75, 3.05) is 6.54 Å². The average Bonchev–Trinajstić information content (AvgIpc) is 3.05. The van der Waals surface area contributed by atoms with Crippen LogP contribution in [0.5, 0.6) is 5.75 Å². The number of nitrogens with one attached hydrogen (secondary N) is 2. The quantitative estimate of drug-likeness (QED) is 0.770. The number of rotatable bonds is 4. The van der Waals surface area contributed by atoms with Crippen LogP contribution in [0.1, 0.15) is 17.5 Å². The predicted molar refractivity (Wildman–Crippen MR) is 89.2 cm³/mol. The van der Waals surface area contributed by atoms with E-state index in [-0.39, 0.29) is 6.10 Å². The molecule has 1 aliphatic heterocycles. The van der Waals surface area contributed by atoms with Crippen LogP contribution >= 0.6 is 0 Å². The van der Waals surface area contributed by atoms with Crippen molar-refractivity contribution in [2.24, 2.45) is 0 Å². The molecule has 0 unspecified atom stereocenters. The summed E-state index contributed by atoms with van der Waals surface area (Å²) in [5.74, 6) is 1.07. The van der Waals surface area contributed by atoms with Gasteiger partial charge in [0.15, 0.2) is 0 Å². The average molecular weight is 292 g/mol. The molecule has 112 valence electrons. The molecule has 0 bridgehead atoms. The van der Waals surface area contributed by atoms with E-state index in [0.717, 1.165) is 37.2 Å². The fourth-order valence-electron chi connectivity index (χ4n) is 3.15. The molecule has 3 heteroatoms. The van der Waals surface area contributed by atoms with Crippen molar-refractivity contribution < 1.29 is 4.74 Å². The van der Waals surface area contributed by atoms with Crippen molar-refractivity contribution in [3.05, 3.63) is 65.9 Å². The van der Waals surface area contributed by atoms with E-state index in [4.69, 9.17) is 4.74 Å². The zero-order valence-corrected chi connectivity index (χ0v) is 12.5. The van der Waals surface area contributed by atoms with E-state index >= 15 is 0 Å². The van der Waals surface area contributed by atoms with Gasteiger partial charge < -0.3 is 15.0 Å². The van der Waals surface area contributed by atoms with Gasteiger partial charge in [-0.2, -0.15) is 0 Å². The summed E-state index contributed by atoms with van der Waals surface area (Å²) < 4.78 is 6.26. The number of benzene rings is 2. The Bertz CT molecular complexity index is 763. The Labute approximate surface area is 130 Å². The fraction of sp³-hybridized carbons (Fsp3) is 0.263. The lowest BCUT2D eigenvalue weighted by Crippen LogP contribution is -2.34. The number of fused-ring (bicyclic) bond motifs is 3. The Morgan fingerprint density at radius 3 is 2.91 bits per heavy atom.